The van der Waals surface area contributed by atoms with Gasteiger partial charge in [0.15, 0.2) is 0 Å². The molecule has 5 atom stereocenters. The number of rotatable bonds is 5. The van der Waals surface area contributed by atoms with E-state index in [1.807, 2.05) is 12.2 Å². The van der Waals surface area contributed by atoms with Gasteiger partial charge in [-0.05, 0) is 61.3 Å². The summed E-state index contributed by atoms with van der Waals surface area (Å²) < 4.78 is 5.31. The van der Waals surface area contributed by atoms with Gasteiger partial charge in [-0.15, -0.1) is 11.3 Å². The number of carbonyl (C=O) groups is 3. The molecule has 168 valence electrons. The van der Waals surface area contributed by atoms with Crippen LogP contribution in [-0.2, 0) is 27.2 Å². The van der Waals surface area contributed by atoms with Crippen LogP contribution in [0, 0.1) is 35.0 Å². The van der Waals surface area contributed by atoms with Gasteiger partial charge in [-0.25, -0.2) is 4.79 Å². The minimum Gasteiger partial charge on any atom is -0.481 e. The maximum Gasteiger partial charge on any atom is 0.341 e. The maximum absolute atomic E-state index is 13.2. The van der Waals surface area contributed by atoms with E-state index in [9.17, 15) is 19.5 Å². The first-order valence-corrected chi connectivity index (χ1v) is 12.0. The number of esters is 1. The second kappa shape index (κ2) is 8.08. The summed E-state index contributed by atoms with van der Waals surface area (Å²) in [6.07, 6.45) is 7.24. The van der Waals surface area contributed by atoms with Crippen molar-refractivity contribution in [3.05, 3.63) is 28.2 Å². The van der Waals surface area contributed by atoms with Crippen molar-refractivity contribution >= 4 is 34.2 Å². The Balaban J connectivity index is 1.64. The van der Waals surface area contributed by atoms with Gasteiger partial charge in [-0.2, -0.15) is 0 Å². The van der Waals surface area contributed by atoms with Gasteiger partial charge >= 0.3 is 11.9 Å². The number of anilines is 1. The molecule has 1 fully saturated rings. The van der Waals surface area contributed by atoms with Crippen LogP contribution < -0.4 is 5.32 Å². The van der Waals surface area contributed by atoms with E-state index in [0.717, 1.165) is 29.7 Å². The van der Waals surface area contributed by atoms with Gasteiger partial charge in [-0.3, -0.25) is 9.59 Å². The highest BCUT2D eigenvalue weighted by molar-refractivity contribution is 7.17. The molecule has 6 nitrogen and oxygen atoms in total. The average molecular weight is 446 g/mol. The first-order valence-electron chi connectivity index (χ1n) is 11.2. The molecule has 0 unspecified atom stereocenters. The van der Waals surface area contributed by atoms with Gasteiger partial charge in [0.05, 0.1) is 24.0 Å². The molecule has 7 heteroatoms. The standard InChI is InChI=1S/C24H31NO5S/c1-5-30-23(29)19-15-9-8-14(24(2,3)4)11-16(15)31-21(19)25-20(26)17-12-6-7-13(10-12)18(17)22(27)28/h6-7,12-14,17-18H,5,8-11H2,1-4H3,(H,25,26)(H,27,28)/t12-,13+,14-,17+,18+/m1/s1. The summed E-state index contributed by atoms with van der Waals surface area (Å²) in [4.78, 5) is 39.0. The molecule has 31 heavy (non-hydrogen) atoms. The third-order valence-corrected chi connectivity index (χ3v) is 8.42. The molecule has 0 aromatic carbocycles. The molecule has 4 rings (SSSR count). The summed E-state index contributed by atoms with van der Waals surface area (Å²) >= 11 is 1.45. The van der Waals surface area contributed by atoms with Gasteiger partial charge in [0.1, 0.15) is 5.00 Å². The number of amides is 1. The summed E-state index contributed by atoms with van der Waals surface area (Å²) in [5.41, 5.74) is 1.62. The van der Waals surface area contributed by atoms with Crippen molar-refractivity contribution in [2.24, 2.45) is 35.0 Å². The molecular weight excluding hydrogens is 414 g/mol. The van der Waals surface area contributed by atoms with E-state index in [0.29, 0.717) is 22.9 Å². The molecule has 1 amide bonds. The van der Waals surface area contributed by atoms with E-state index in [4.69, 9.17) is 4.74 Å². The Labute approximate surface area is 187 Å². The summed E-state index contributed by atoms with van der Waals surface area (Å²) in [6, 6.07) is 0. The van der Waals surface area contributed by atoms with E-state index in [1.165, 1.54) is 11.3 Å². The van der Waals surface area contributed by atoms with E-state index < -0.39 is 23.8 Å². The highest BCUT2D eigenvalue weighted by Gasteiger charge is 2.52. The number of aliphatic carboxylic acids is 1. The summed E-state index contributed by atoms with van der Waals surface area (Å²) in [5.74, 6) is -2.60. The number of allylic oxidation sites excluding steroid dienone is 2. The van der Waals surface area contributed by atoms with Crippen LogP contribution in [0.4, 0.5) is 5.00 Å². The zero-order valence-corrected chi connectivity index (χ0v) is 19.4. The van der Waals surface area contributed by atoms with Crippen molar-refractivity contribution in [3.63, 3.8) is 0 Å². The van der Waals surface area contributed by atoms with Crippen LogP contribution in [-0.4, -0.2) is 29.6 Å². The first kappa shape index (κ1) is 22.1. The molecule has 3 aliphatic carbocycles. The molecule has 0 saturated heterocycles. The lowest BCUT2D eigenvalue weighted by molar-refractivity contribution is -0.146. The quantitative estimate of drug-likeness (QED) is 0.513. The molecule has 0 spiro atoms. The van der Waals surface area contributed by atoms with E-state index in [2.05, 4.69) is 26.1 Å². The molecule has 1 aromatic rings. The largest absolute Gasteiger partial charge is 0.481 e. The Bertz CT molecular complexity index is 941. The number of nitrogens with one attached hydrogen (secondary N) is 1. The Morgan fingerprint density at radius 3 is 2.48 bits per heavy atom. The van der Waals surface area contributed by atoms with E-state index in [1.54, 1.807) is 6.92 Å². The van der Waals surface area contributed by atoms with Crippen LogP contribution in [0.25, 0.3) is 0 Å². The number of carbonyl (C=O) groups excluding carboxylic acids is 2. The van der Waals surface area contributed by atoms with E-state index >= 15 is 0 Å². The second-order valence-electron chi connectivity index (χ2n) is 10.1. The van der Waals surface area contributed by atoms with Gasteiger partial charge in [-0.1, -0.05) is 32.9 Å². The summed E-state index contributed by atoms with van der Waals surface area (Å²) in [5, 5.41) is 13.2. The van der Waals surface area contributed by atoms with Crippen LogP contribution in [0.2, 0.25) is 0 Å². The maximum atomic E-state index is 13.2. The fourth-order valence-corrected chi connectivity index (χ4v) is 6.86. The summed E-state index contributed by atoms with van der Waals surface area (Å²) in [7, 11) is 0. The smallest absolute Gasteiger partial charge is 0.341 e. The number of fused-ring (bicyclic) bond motifs is 3. The normalized spacial score (nSPS) is 29.0. The Hall–Kier alpha value is -2.15. The number of hydrogen-bond acceptors (Lipinski definition) is 5. The fraction of sp³-hybridized carbons (Fsp3) is 0.625. The molecular formula is C24H31NO5S. The third-order valence-electron chi connectivity index (χ3n) is 7.25. The third kappa shape index (κ3) is 3.93. The monoisotopic (exact) mass is 445 g/mol. The molecule has 1 heterocycles. The van der Waals surface area contributed by atoms with Crippen molar-refractivity contribution in [1.82, 2.24) is 0 Å². The summed E-state index contributed by atoms with van der Waals surface area (Å²) in [6.45, 7) is 8.74. The predicted molar refractivity (Wildman–Crippen MR) is 119 cm³/mol. The van der Waals surface area contributed by atoms with E-state index in [-0.39, 0.29) is 29.8 Å². The van der Waals surface area contributed by atoms with Gasteiger partial charge < -0.3 is 15.2 Å². The zero-order valence-electron chi connectivity index (χ0n) is 18.6. The lowest BCUT2D eigenvalue weighted by atomic mass is 9.72. The highest BCUT2D eigenvalue weighted by Crippen LogP contribution is 2.49. The highest BCUT2D eigenvalue weighted by atomic mass is 32.1. The lowest BCUT2D eigenvalue weighted by Gasteiger charge is -2.33. The Morgan fingerprint density at radius 1 is 1.19 bits per heavy atom. The lowest BCUT2D eigenvalue weighted by Crippen LogP contribution is -2.36. The van der Waals surface area contributed by atoms with Crippen LogP contribution in [0.5, 0.6) is 0 Å². The van der Waals surface area contributed by atoms with Gasteiger partial charge in [0, 0.05) is 4.88 Å². The van der Waals surface area contributed by atoms with Crippen LogP contribution in [0.15, 0.2) is 12.2 Å². The van der Waals surface area contributed by atoms with Crippen molar-refractivity contribution in [2.75, 3.05) is 11.9 Å². The molecule has 3 aliphatic rings. The van der Waals surface area contributed by atoms with Crippen LogP contribution in [0.3, 0.4) is 0 Å². The molecule has 0 aliphatic heterocycles. The van der Waals surface area contributed by atoms with Crippen molar-refractivity contribution in [3.8, 4) is 0 Å². The van der Waals surface area contributed by atoms with Crippen molar-refractivity contribution in [1.29, 1.82) is 0 Å². The minimum atomic E-state index is -0.930. The average Bonchev–Trinajstić information content (AvgIpc) is 3.38. The Kier molecular flexibility index (Phi) is 5.75. The van der Waals surface area contributed by atoms with Crippen LogP contribution in [0.1, 0.15) is 61.3 Å². The number of thiophene rings is 1. The Morgan fingerprint density at radius 2 is 1.87 bits per heavy atom. The zero-order chi connectivity index (χ0) is 22.5. The van der Waals surface area contributed by atoms with Gasteiger partial charge in [0.25, 0.3) is 0 Å². The van der Waals surface area contributed by atoms with Crippen LogP contribution >= 0.6 is 11.3 Å². The molecule has 0 radical (unpaired) electrons. The topological polar surface area (TPSA) is 92.7 Å². The second-order valence-corrected chi connectivity index (χ2v) is 11.2. The molecule has 1 aromatic heterocycles. The SMILES string of the molecule is CCOC(=O)c1c(NC(=O)[C@@H]2[C@@H](C(=O)O)[C@H]3C=C[C@@H]2C3)sc2c1CC[C@@H](C(C)(C)C)C2. The number of carboxylic acids is 1. The van der Waals surface area contributed by atoms with Gasteiger partial charge in [0.2, 0.25) is 5.91 Å². The molecule has 2 N–H and O–H groups in total. The van der Waals surface area contributed by atoms with Crippen molar-refractivity contribution < 1.29 is 24.2 Å². The number of ether oxygens (including phenoxy) is 1. The first-order chi connectivity index (χ1) is 14.6. The fourth-order valence-electron chi connectivity index (χ4n) is 5.54. The number of hydrogen-bond donors (Lipinski definition) is 2. The minimum absolute atomic E-state index is 0.0583. The van der Waals surface area contributed by atoms with Crippen molar-refractivity contribution in [2.45, 2.75) is 53.4 Å². The molecule has 2 bridgehead atoms. The predicted octanol–water partition coefficient (Wildman–Crippen LogP) is 4.54. The number of carboxylic acid groups (broad SMARTS) is 1. The molecule has 1 saturated carbocycles.